The number of rotatable bonds is 3. The molecule has 0 aliphatic heterocycles. The summed E-state index contributed by atoms with van der Waals surface area (Å²) in [5.41, 5.74) is 2.12. The normalized spacial score (nSPS) is 12.4. The quantitative estimate of drug-likeness (QED) is 0.806. The Balaban J connectivity index is 2.20. The molecule has 1 aromatic heterocycles. The molecule has 0 saturated carbocycles. The molecular weight excluding hydrogens is 261 g/mol. The first kappa shape index (κ1) is 11.8. The van der Waals surface area contributed by atoms with Gasteiger partial charge in [0, 0.05) is 21.1 Å². The first-order valence-electron chi connectivity index (χ1n) is 4.90. The first-order chi connectivity index (χ1) is 7.66. The fraction of sp³-hybridized carbons (Fsp3) is 0.167. The Hall–Kier alpha value is -0.700. The lowest BCUT2D eigenvalue weighted by atomic mass is 10.1. The number of anilines is 1. The largest absolute Gasteiger partial charge is 0.378 e. The third kappa shape index (κ3) is 2.70. The molecule has 1 aromatic carbocycles. The standard InChI is InChI=1S/C12H11Cl2NS/c1-8(15-10-4-5-16-7-10)11-6-9(13)2-3-12(11)14/h2-8,15H,1H3. The Morgan fingerprint density at radius 2 is 2.06 bits per heavy atom. The minimum atomic E-state index is 0.140. The van der Waals surface area contributed by atoms with Crippen LogP contribution in [-0.2, 0) is 0 Å². The minimum Gasteiger partial charge on any atom is -0.378 e. The van der Waals surface area contributed by atoms with Crippen LogP contribution >= 0.6 is 34.5 Å². The molecule has 84 valence electrons. The number of hydrogen-bond acceptors (Lipinski definition) is 2. The summed E-state index contributed by atoms with van der Waals surface area (Å²) in [5.74, 6) is 0. The van der Waals surface area contributed by atoms with E-state index < -0.39 is 0 Å². The van der Waals surface area contributed by atoms with Crippen LogP contribution in [0.4, 0.5) is 5.69 Å². The molecule has 1 heterocycles. The molecule has 0 fully saturated rings. The van der Waals surface area contributed by atoms with Crippen molar-refractivity contribution >= 4 is 40.2 Å². The Labute approximate surface area is 109 Å². The molecule has 1 nitrogen and oxygen atoms in total. The predicted octanol–water partition coefficient (Wildman–Crippen LogP) is 5.23. The van der Waals surface area contributed by atoms with Gasteiger partial charge in [0.25, 0.3) is 0 Å². The van der Waals surface area contributed by atoms with Crippen LogP contribution in [0.3, 0.4) is 0 Å². The number of thiophene rings is 1. The van der Waals surface area contributed by atoms with Crippen LogP contribution < -0.4 is 5.32 Å². The SMILES string of the molecule is CC(Nc1ccsc1)c1cc(Cl)ccc1Cl. The van der Waals surface area contributed by atoms with E-state index in [9.17, 15) is 0 Å². The van der Waals surface area contributed by atoms with Crippen molar-refractivity contribution in [2.24, 2.45) is 0 Å². The average Bonchev–Trinajstić information content (AvgIpc) is 2.74. The Kier molecular flexibility index (Phi) is 3.74. The van der Waals surface area contributed by atoms with Crippen LogP contribution in [0.5, 0.6) is 0 Å². The fourth-order valence-corrected chi connectivity index (χ4v) is 2.58. The maximum Gasteiger partial charge on any atom is 0.0501 e. The highest BCUT2D eigenvalue weighted by Crippen LogP contribution is 2.29. The van der Waals surface area contributed by atoms with Gasteiger partial charge in [-0.25, -0.2) is 0 Å². The highest BCUT2D eigenvalue weighted by molar-refractivity contribution is 7.08. The van der Waals surface area contributed by atoms with Crippen molar-refractivity contribution in [2.75, 3.05) is 5.32 Å². The zero-order valence-corrected chi connectivity index (χ0v) is 11.0. The van der Waals surface area contributed by atoms with Gasteiger partial charge in [0.2, 0.25) is 0 Å². The van der Waals surface area contributed by atoms with Crippen molar-refractivity contribution < 1.29 is 0 Å². The summed E-state index contributed by atoms with van der Waals surface area (Å²) >= 11 is 13.8. The lowest BCUT2D eigenvalue weighted by Crippen LogP contribution is -2.06. The highest BCUT2D eigenvalue weighted by Gasteiger charge is 2.10. The second-order valence-electron chi connectivity index (χ2n) is 3.54. The molecule has 1 atom stereocenters. The summed E-state index contributed by atoms with van der Waals surface area (Å²) in [6.45, 7) is 2.06. The third-order valence-corrected chi connectivity index (χ3v) is 3.59. The topological polar surface area (TPSA) is 12.0 Å². The van der Waals surface area contributed by atoms with E-state index in [1.54, 1.807) is 17.4 Å². The Morgan fingerprint density at radius 3 is 2.75 bits per heavy atom. The molecule has 2 aromatic rings. The molecule has 4 heteroatoms. The number of nitrogens with one attached hydrogen (secondary N) is 1. The molecule has 0 saturated heterocycles. The van der Waals surface area contributed by atoms with Gasteiger partial charge < -0.3 is 5.32 Å². The molecule has 0 amide bonds. The van der Waals surface area contributed by atoms with E-state index in [2.05, 4.69) is 17.6 Å². The fourth-order valence-electron chi connectivity index (χ4n) is 1.52. The third-order valence-electron chi connectivity index (χ3n) is 2.33. The maximum absolute atomic E-state index is 6.14. The molecular formula is C12H11Cl2NS. The van der Waals surface area contributed by atoms with Gasteiger partial charge >= 0.3 is 0 Å². The van der Waals surface area contributed by atoms with Crippen molar-refractivity contribution in [3.8, 4) is 0 Å². The van der Waals surface area contributed by atoms with Crippen LogP contribution in [0.1, 0.15) is 18.5 Å². The molecule has 0 spiro atoms. The van der Waals surface area contributed by atoms with Crippen molar-refractivity contribution in [3.63, 3.8) is 0 Å². The van der Waals surface area contributed by atoms with Crippen molar-refractivity contribution in [1.82, 2.24) is 0 Å². The summed E-state index contributed by atoms with van der Waals surface area (Å²) in [5, 5.41) is 8.92. The van der Waals surface area contributed by atoms with Crippen LogP contribution in [0.15, 0.2) is 35.0 Å². The van der Waals surface area contributed by atoms with Gasteiger partial charge in [-0.2, -0.15) is 11.3 Å². The maximum atomic E-state index is 6.14. The molecule has 0 radical (unpaired) electrons. The minimum absolute atomic E-state index is 0.140. The van der Waals surface area contributed by atoms with Crippen molar-refractivity contribution in [2.45, 2.75) is 13.0 Å². The van der Waals surface area contributed by atoms with Crippen LogP contribution in [0.2, 0.25) is 10.0 Å². The zero-order valence-electron chi connectivity index (χ0n) is 8.71. The van der Waals surface area contributed by atoms with Gasteiger partial charge in [-0.15, -0.1) is 0 Å². The summed E-state index contributed by atoms with van der Waals surface area (Å²) < 4.78 is 0. The monoisotopic (exact) mass is 271 g/mol. The molecule has 16 heavy (non-hydrogen) atoms. The second-order valence-corrected chi connectivity index (χ2v) is 5.17. The molecule has 1 unspecified atom stereocenters. The zero-order chi connectivity index (χ0) is 11.5. The van der Waals surface area contributed by atoms with Gasteiger partial charge in [0.1, 0.15) is 0 Å². The highest BCUT2D eigenvalue weighted by atomic mass is 35.5. The van der Waals surface area contributed by atoms with Gasteiger partial charge in [-0.3, -0.25) is 0 Å². The van der Waals surface area contributed by atoms with Crippen LogP contribution in [-0.4, -0.2) is 0 Å². The lowest BCUT2D eigenvalue weighted by molar-refractivity contribution is 0.886. The van der Waals surface area contributed by atoms with E-state index in [4.69, 9.17) is 23.2 Å². The van der Waals surface area contributed by atoms with E-state index in [-0.39, 0.29) is 6.04 Å². The molecule has 1 N–H and O–H groups in total. The van der Waals surface area contributed by atoms with Crippen LogP contribution in [0.25, 0.3) is 0 Å². The molecule has 0 aliphatic carbocycles. The Bertz CT molecular complexity index is 468. The summed E-state index contributed by atoms with van der Waals surface area (Å²) in [4.78, 5) is 0. The summed E-state index contributed by atoms with van der Waals surface area (Å²) in [7, 11) is 0. The van der Waals surface area contributed by atoms with E-state index in [1.165, 1.54) is 0 Å². The van der Waals surface area contributed by atoms with Crippen LogP contribution in [0, 0.1) is 0 Å². The average molecular weight is 272 g/mol. The van der Waals surface area contributed by atoms with Crippen molar-refractivity contribution in [3.05, 3.63) is 50.6 Å². The van der Waals surface area contributed by atoms with Gasteiger partial charge in [-0.05, 0) is 42.1 Å². The predicted molar refractivity (Wildman–Crippen MR) is 72.8 cm³/mol. The van der Waals surface area contributed by atoms with Gasteiger partial charge in [0.05, 0.1) is 6.04 Å². The number of benzene rings is 1. The van der Waals surface area contributed by atoms with E-state index in [0.29, 0.717) is 5.02 Å². The Morgan fingerprint density at radius 1 is 1.25 bits per heavy atom. The number of hydrogen-bond donors (Lipinski definition) is 1. The second kappa shape index (κ2) is 5.09. The molecule has 2 rings (SSSR count). The first-order valence-corrected chi connectivity index (χ1v) is 6.60. The summed E-state index contributed by atoms with van der Waals surface area (Å²) in [6, 6.07) is 7.70. The summed E-state index contributed by atoms with van der Waals surface area (Å²) in [6.07, 6.45) is 0. The van der Waals surface area contributed by atoms with E-state index >= 15 is 0 Å². The lowest BCUT2D eigenvalue weighted by Gasteiger charge is -2.16. The smallest absolute Gasteiger partial charge is 0.0501 e. The van der Waals surface area contributed by atoms with Crippen molar-refractivity contribution in [1.29, 1.82) is 0 Å². The number of halogens is 2. The molecule has 0 bridgehead atoms. The van der Waals surface area contributed by atoms with Gasteiger partial charge in [0.15, 0.2) is 0 Å². The van der Waals surface area contributed by atoms with E-state index in [1.807, 2.05) is 23.6 Å². The van der Waals surface area contributed by atoms with Gasteiger partial charge in [-0.1, -0.05) is 23.2 Å². The van der Waals surface area contributed by atoms with E-state index in [0.717, 1.165) is 16.3 Å². The molecule has 0 aliphatic rings.